The van der Waals surface area contributed by atoms with Crippen molar-refractivity contribution in [1.82, 2.24) is 0 Å². The Morgan fingerprint density at radius 2 is 2.07 bits per heavy atom. The quantitative estimate of drug-likeness (QED) is 0.632. The largest absolute Gasteiger partial charge is 0.477 e. The monoisotopic (exact) mass is 201 g/mol. The Balaban J connectivity index is 2.04. The van der Waals surface area contributed by atoms with Crippen LogP contribution in [0.4, 0.5) is 5.69 Å². The molecule has 1 fully saturated rings. The summed E-state index contributed by atoms with van der Waals surface area (Å²) in [4.78, 5) is 4.60. The molecule has 0 N–H and O–H groups in total. The molecule has 0 bridgehead atoms. The van der Waals surface area contributed by atoms with Crippen molar-refractivity contribution >= 4 is 11.6 Å². The Morgan fingerprint density at radius 3 is 2.93 bits per heavy atom. The number of fused-ring (bicyclic) bond motifs is 2. The van der Waals surface area contributed by atoms with Crippen LogP contribution in [0.3, 0.4) is 0 Å². The van der Waals surface area contributed by atoms with E-state index in [4.69, 9.17) is 4.74 Å². The number of para-hydroxylation sites is 1. The second kappa shape index (κ2) is 3.09. The minimum Gasteiger partial charge on any atom is -0.477 e. The minimum absolute atomic E-state index is 0.308. The first-order chi connectivity index (χ1) is 7.25. The maximum atomic E-state index is 5.78. The summed E-state index contributed by atoms with van der Waals surface area (Å²) in [6.07, 6.45) is 1.39. The molecule has 0 spiro atoms. The van der Waals surface area contributed by atoms with Crippen LogP contribution in [0.5, 0.6) is 0 Å². The Bertz CT molecular complexity index is 424. The van der Waals surface area contributed by atoms with Gasteiger partial charge in [0, 0.05) is 11.8 Å². The number of benzene rings is 1. The van der Waals surface area contributed by atoms with Gasteiger partial charge in [0.05, 0.1) is 5.69 Å². The average molecular weight is 201 g/mol. The summed E-state index contributed by atoms with van der Waals surface area (Å²) < 4.78 is 5.78. The average Bonchev–Trinajstić information content (AvgIpc) is 2.52. The highest BCUT2D eigenvalue weighted by molar-refractivity contribution is 5.86. The molecule has 2 aliphatic heterocycles. The van der Waals surface area contributed by atoms with Crippen LogP contribution < -0.4 is 0 Å². The van der Waals surface area contributed by atoms with Crippen LogP contribution in [0.2, 0.25) is 0 Å². The van der Waals surface area contributed by atoms with Crippen LogP contribution in [-0.2, 0) is 11.2 Å². The van der Waals surface area contributed by atoms with E-state index < -0.39 is 0 Å². The van der Waals surface area contributed by atoms with Crippen molar-refractivity contribution < 1.29 is 4.74 Å². The first kappa shape index (κ1) is 8.96. The second-order valence-electron chi connectivity index (χ2n) is 4.57. The van der Waals surface area contributed by atoms with Crippen molar-refractivity contribution in [1.29, 1.82) is 0 Å². The van der Waals surface area contributed by atoms with Crippen molar-refractivity contribution in [2.75, 3.05) is 0 Å². The van der Waals surface area contributed by atoms with Crippen LogP contribution in [0.1, 0.15) is 19.4 Å². The van der Waals surface area contributed by atoms with E-state index in [1.165, 1.54) is 5.56 Å². The van der Waals surface area contributed by atoms with Gasteiger partial charge in [-0.25, -0.2) is 4.99 Å². The van der Waals surface area contributed by atoms with Gasteiger partial charge >= 0.3 is 0 Å². The van der Waals surface area contributed by atoms with E-state index in [1.807, 2.05) is 6.07 Å². The fraction of sp³-hybridized carbons (Fsp3) is 0.462. The van der Waals surface area contributed by atoms with Crippen molar-refractivity contribution in [3.8, 4) is 0 Å². The highest BCUT2D eigenvalue weighted by Gasteiger charge is 2.39. The van der Waals surface area contributed by atoms with E-state index in [1.54, 1.807) is 0 Å². The summed E-state index contributed by atoms with van der Waals surface area (Å²) in [6.45, 7) is 4.39. The third kappa shape index (κ3) is 1.28. The number of rotatable bonds is 0. The molecule has 0 amide bonds. The molecule has 0 aromatic heterocycles. The summed E-state index contributed by atoms with van der Waals surface area (Å²) in [5.41, 5.74) is 2.45. The van der Waals surface area contributed by atoms with Gasteiger partial charge < -0.3 is 4.74 Å². The predicted molar refractivity (Wildman–Crippen MR) is 60.4 cm³/mol. The molecule has 1 aromatic rings. The molecule has 2 nitrogen and oxygen atoms in total. The molecule has 2 aliphatic rings. The van der Waals surface area contributed by atoms with Gasteiger partial charge in [0.2, 0.25) is 0 Å². The van der Waals surface area contributed by atoms with Crippen molar-refractivity contribution in [3.05, 3.63) is 29.8 Å². The molecule has 0 radical (unpaired) electrons. The van der Waals surface area contributed by atoms with E-state index >= 15 is 0 Å². The van der Waals surface area contributed by atoms with Crippen molar-refractivity contribution in [2.45, 2.75) is 26.4 Å². The summed E-state index contributed by atoms with van der Waals surface area (Å²) in [7, 11) is 0. The predicted octanol–water partition coefficient (Wildman–Crippen LogP) is 2.94. The van der Waals surface area contributed by atoms with Gasteiger partial charge in [-0.3, -0.25) is 0 Å². The lowest BCUT2D eigenvalue weighted by Crippen LogP contribution is -2.20. The molecule has 1 saturated heterocycles. The van der Waals surface area contributed by atoms with E-state index in [0.29, 0.717) is 17.9 Å². The Hall–Kier alpha value is -1.31. The first-order valence-corrected chi connectivity index (χ1v) is 5.59. The van der Waals surface area contributed by atoms with E-state index in [-0.39, 0.29) is 0 Å². The zero-order valence-electron chi connectivity index (χ0n) is 9.10. The van der Waals surface area contributed by atoms with Gasteiger partial charge in [0.25, 0.3) is 0 Å². The minimum atomic E-state index is 0.308. The Labute approximate surface area is 90.0 Å². The van der Waals surface area contributed by atoms with Gasteiger partial charge in [0.15, 0.2) is 5.90 Å². The second-order valence-corrected chi connectivity index (χ2v) is 4.57. The lowest BCUT2D eigenvalue weighted by atomic mass is 9.85. The fourth-order valence-corrected chi connectivity index (χ4v) is 2.47. The molecule has 1 aromatic carbocycles. The highest BCUT2D eigenvalue weighted by Crippen LogP contribution is 2.38. The van der Waals surface area contributed by atoms with E-state index in [2.05, 4.69) is 37.0 Å². The summed E-state index contributed by atoms with van der Waals surface area (Å²) >= 11 is 0. The number of ether oxygens (including phenoxy) is 1. The van der Waals surface area contributed by atoms with Crippen LogP contribution in [0.25, 0.3) is 0 Å². The number of nitrogens with zero attached hydrogens (tertiary/aromatic N) is 1. The van der Waals surface area contributed by atoms with Gasteiger partial charge in [-0.2, -0.15) is 0 Å². The first-order valence-electron chi connectivity index (χ1n) is 5.59. The van der Waals surface area contributed by atoms with Gasteiger partial charge in [-0.1, -0.05) is 25.1 Å². The third-order valence-electron chi connectivity index (χ3n) is 3.66. The van der Waals surface area contributed by atoms with Crippen LogP contribution >= 0.6 is 0 Å². The summed E-state index contributed by atoms with van der Waals surface area (Å²) in [5.74, 6) is 2.03. The van der Waals surface area contributed by atoms with Crippen LogP contribution in [0, 0.1) is 11.8 Å². The Morgan fingerprint density at radius 1 is 1.27 bits per heavy atom. The maximum Gasteiger partial charge on any atom is 0.192 e. The molecular weight excluding hydrogens is 186 g/mol. The van der Waals surface area contributed by atoms with Gasteiger partial charge in [0.1, 0.15) is 6.10 Å². The molecule has 0 aliphatic carbocycles. The molecule has 2 heterocycles. The zero-order chi connectivity index (χ0) is 10.4. The smallest absolute Gasteiger partial charge is 0.192 e. The lowest BCUT2D eigenvalue weighted by Gasteiger charge is -2.19. The van der Waals surface area contributed by atoms with Crippen LogP contribution in [0.15, 0.2) is 29.3 Å². The van der Waals surface area contributed by atoms with Gasteiger partial charge in [-0.15, -0.1) is 0 Å². The standard InChI is InChI=1S/C13H15NO/c1-8-9(2)15-13-11(8)7-10-5-3-4-6-12(10)14-13/h3-6,8-9,11H,7H2,1-2H3. The summed E-state index contributed by atoms with van der Waals surface area (Å²) in [5, 5.41) is 0. The molecule has 78 valence electrons. The SMILES string of the molecule is CC1OC2=Nc3ccccc3CC2C1C. The molecule has 15 heavy (non-hydrogen) atoms. The number of aliphatic imine (C=N–C) groups is 1. The highest BCUT2D eigenvalue weighted by atomic mass is 16.5. The molecule has 3 rings (SSSR count). The van der Waals surface area contributed by atoms with E-state index in [9.17, 15) is 0 Å². The summed E-state index contributed by atoms with van der Waals surface area (Å²) in [6, 6.07) is 8.36. The third-order valence-corrected chi connectivity index (χ3v) is 3.66. The molecule has 3 atom stereocenters. The fourth-order valence-electron chi connectivity index (χ4n) is 2.47. The maximum absolute atomic E-state index is 5.78. The molecule has 3 unspecified atom stereocenters. The van der Waals surface area contributed by atoms with Crippen molar-refractivity contribution in [3.63, 3.8) is 0 Å². The number of hydrogen-bond donors (Lipinski definition) is 0. The van der Waals surface area contributed by atoms with Crippen LogP contribution in [-0.4, -0.2) is 12.0 Å². The molecule has 2 heteroatoms. The van der Waals surface area contributed by atoms with Crippen molar-refractivity contribution in [2.24, 2.45) is 16.8 Å². The topological polar surface area (TPSA) is 21.6 Å². The van der Waals surface area contributed by atoms with Gasteiger partial charge in [-0.05, 0) is 25.0 Å². The zero-order valence-corrected chi connectivity index (χ0v) is 9.10. The lowest BCUT2D eigenvalue weighted by molar-refractivity contribution is 0.196. The molecule has 0 saturated carbocycles. The number of hydrogen-bond acceptors (Lipinski definition) is 2. The van der Waals surface area contributed by atoms with E-state index in [0.717, 1.165) is 18.0 Å². The molecular formula is C13H15NO. The normalized spacial score (nSPS) is 32.7. The Kier molecular flexibility index (Phi) is 1.84.